The van der Waals surface area contributed by atoms with Crippen LogP contribution in [0.25, 0.3) is 0 Å². The Hall–Kier alpha value is -0.260. The van der Waals surface area contributed by atoms with Crippen molar-refractivity contribution in [1.82, 2.24) is 0 Å². The highest BCUT2D eigenvalue weighted by Crippen LogP contribution is 2.20. The van der Waals surface area contributed by atoms with Crippen LogP contribution >= 0.6 is 11.8 Å². The first kappa shape index (κ1) is 11.7. The number of hydrogen-bond acceptors (Lipinski definition) is 4. The SMILES string of the molecule is CCCC(OC)SC(O)C(=O)O. The lowest BCUT2D eigenvalue weighted by atomic mass is 10.4. The Morgan fingerprint density at radius 3 is 2.58 bits per heavy atom. The molecule has 0 saturated carbocycles. The molecular formula is C7H14O4S. The Kier molecular flexibility index (Phi) is 6.14. The summed E-state index contributed by atoms with van der Waals surface area (Å²) in [5.41, 5.74) is -1.62. The van der Waals surface area contributed by atoms with Crippen molar-refractivity contribution < 1.29 is 19.7 Å². The van der Waals surface area contributed by atoms with Crippen molar-refractivity contribution in [2.45, 2.75) is 30.6 Å². The molecule has 0 aromatic carbocycles. The molecule has 0 rings (SSSR count). The van der Waals surface area contributed by atoms with Gasteiger partial charge in [-0.1, -0.05) is 25.1 Å². The fourth-order valence-corrected chi connectivity index (χ4v) is 1.57. The van der Waals surface area contributed by atoms with Crippen LogP contribution in [0.3, 0.4) is 0 Å². The minimum absolute atomic E-state index is 0.235. The van der Waals surface area contributed by atoms with Crippen molar-refractivity contribution in [3.63, 3.8) is 0 Å². The van der Waals surface area contributed by atoms with Crippen LogP contribution in [0.5, 0.6) is 0 Å². The molecule has 0 aliphatic heterocycles. The minimum atomic E-state index is -1.39. The van der Waals surface area contributed by atoms with Gasteiger partial charge in [0, 0.05) is 7.11 Å². The number of thioether (sulfide) groups is 1. The van der Waals surface area contributed by atoms with E-state index >= 15 is 0 Å². The summed E-state index contributed by atoms with van der Waals surface area (Å²) in [6.07, 6.45) is 1.64. The van der Waals surface area contributed by atoms with Crippen molar-refractivity contribution in [2.75, 3.05) is 7.11 Å². The molecule has 4 nitrogen and oxygen atoms in total. The summed E-state index contributed by atoms with van der Waals surface area (Å²) in [5.74, 6) is -1.22. The van der Waals surface area contributed by atoms with Gasteiger partial charge >= 0.3 is 5.97 Å². The number of hydrogen-bond donors (Lipinski definition) is 2. The van der Waals surface area contributed by atoms with E-state index in [0.29, 0.717) is 0 Å². The van der Waals surface area contributed by atoms with Crippen LogP contribution in [-0.2, 0) is 9.53 Å². The van der Waals surface area contributed by atoms with Crippen LogP contribution in [0.15, 0.2) is 0 Å². The second kappa shape index (κ2) is 6.28. The molecule has 0 aliphatic rings. The lowest BCUT2D eigenvalue weighted by Crippen LogP contribution is -2.20. The number of carboxylic acids is 1. The van der Waals surface area contributed by atoms with Crippen LogP contribution in [-0.4, -0.2) is 34.2 Å². The molecule has 0 spiro atoms. The van der Waals surface area contributed by atoms with E-state index in [1.807, 2.05) is 6.92 Å². The molecule has 0 fully saturated rings. The molecule has 0 aromatic heterocycles. The monoisotopic (exact) mass is 194 g/mol. The van der Waals surface area contributed by atoms with Gasteiger partial charge in [-0.2, -0.15) is 0 Å². The van der Waals surface area contributed by atoms with Gasteiger partial charge in [0.25, 0.3) is 0 Å². The van der Waals surface area contributed by atoms with E-state index in [0.717, 1.165) is 24.6 Å². The Morgan fingerprint density at radius 1 is 1.67 bits per heavy atom. The van der Waals surface area contributed by atoms with E-state index in [-0.39, 0.29) is 5.44 Å². The number of aliphatic hydroxyl groups excluding tert-OH is 1. The molecule has 0 heterocycles. The van der Waals surface area contributed by atoms with Crippen molar-refractivity contribution >= 4 is 17.7 Å². The highest BCUT2D eigenvalue weighted by molar-refractivity contribution is 8.00. The van der Waals surface area contributed by atoms with Crippen LogP contribution < -0.4 is 0 Å². The Labute approximate surface area is 75.9 Å². The summed E-state index contributed by atoms with van der Waals surface area (Å²) in [6, 6.07) is 0. The van der Waals surface area contributed by atoms with Crippen LogP contribution in [0.1, 0.15) is 19.8 Å². The summed E-state index contributed by atoms with van der Waals surface area (Å²) in [4.78, 5) is 10.2. The van der Waals surface area contributed by atoms with Crippen molar-refractivity contribution in [1.29, 1.82) is 0 Å². The molecule has 2 N–H and O–H groups in total. The van der Waals surface area contributed by atoms with Gasteiger partial charge in [-0.05, 0) is 6.42 Å². The number of methoxy groups -OCH3 is 1. The summed E-state index contributed by atoms with van der Waals surface area (Å²) >= 11 is 0.911. The third kappa shape index (κ3) is 4.58. The normalized spacial score (nSPS) is 15.6. The zero-order chi connectivity index (χ0) is 9.56. The van der Waals surface area contributed by atoms with Gasteiger partial charge in [-0.3, -0.25) is 0 Å². The standard InChI is InChI=1S/C7H14O4S/c1-3-4-5(11-2)12-7(10)6(8)9/h5,7,10H,3-4H2,1-2H3,(H,8,9). The fraction of sp³-hybridized carbons (Fsp3) is 0.857. The van der Waals surface area contributed by atoms with Crippen LogP contribution in [0.2, 0.25) is 0 Å². The molecule has 0 aromatic rings. The predicted octanol–water partition coefficient (Wildman–Crippen LogP) is 0.895. The summed E-state index contributed by atoms with van der Waals surface area (Å²) in [5, 5.41) is 17.3. The average Bonchev–Trinajstić information content (AvgIpc) is 2.03. The van der Waals surface area contributed by atoms with Gasteiger partial charge < -0.3 is 14.9 Å². The molecule has 2 unspecified atom stereocenters. The van der Waals surface area contributed by atoms with Gasteiger partial charge in [-0.15, -0.1) is 0 Å². The van der Waals surface area contributed by atoms with Crippen molar-refractivity contribution in [2.24, 2.45) is 0 Å². The number of rotatable bonds is 6. The lowest BCUT2D eigenvalue weighted by Gasteiger charge is -2.15. The minimum Gasteiger partial charge on any atom is -0.479 e. The first-order valence-corrected chi connectivity index (χ1v) is 4.65. The van der Waals surface area contributed by atoms with Crippen molar-refractivity contribution in [3.8, 4) is 0 Å². The van der Waals surface area contributed by atoms with Gasteiger partial charge in [0.2, 0.25) is 0 Å². The number of carbonyl (C=O) groups is 1. The molecule has 12 heavy (non-hydrogen) atoms. The van der Waals surface area contributed by atoms with Gasteiger partial charge in [0.15, 0.2) is 5.44 Å². The molecule has 0 bridgehead atoms. The van der Waals surface area contributed by atoms with E-state index < -0.39 is 11.4 Å². The smallest absolute Gasteiger partial charge is 0.343 e. The predicted molar refractivity (Wildman–Crippen MR) is 46.9 cm³/mol. The average molecular weight is 194 g/mol. The quantitative estimate of drug-likeness (QED) is 0.615. The maximum Gasteiger partial charge on any atom is 0.343 e. The van der Waals surface area contributed by atoms with Crippen LogP contribution in [0, 0.1) is 0 Å². The number of ether oxygens (including phenoxy) is 1. The van der Waals surface area contributed by atoms with Crippen molar-refractivity contribution in [3.05, 3.63) is 0 Å². The zero-order valence-electron chi connectivity index (χ0n) is 7.19. The maximum atomic E-state index is 10.2. The number of carboxylic acid groups (broad SMARTS) is 1. The van der Waals surface area contributed by atoms with E-state index in [4.69, 9.17) is 14.9 Å². The van der Waals surface area contributed by atoms with E-state index in [1.54, 1.807) is 0 Å². The summed E-state index contributed by atoms with van der Waals surface area (Å²) in [6.45, 7) is 1.97. The summed E-state index contributed by atoms with van der Waals surface area (Å²) < 4.78 is 4.95. The van der Waals surface area contributed by atoms with Gasteiger partial charge in [0.1, 0.15) is 5.44 Å². The van der Waals surface area contributed by atoms with E-state index in [1.165, 1.54) is 7.11 Å². The molecule has 2 atom stereocenters. The molecule has 0 saturated heterocycles. The Bertz CT molecular complexity index is 139. The topological polar surface area (TPSA) is 66.8 Å². The number of aliphatic hydroxyl groups is 1. The third-order valence-electron chi connectivity index (χ3n) is 1.28. The zero-order valence-corrected chi connectivity index (χ0v) is 8.00. The molecule has 0 radical (unpaired) electrons. The van der Waals surface area contributed by atoms with Crippen LogP contribution in [0.4, 0.5) is 0 Å². The van der Waals surface area contributed by atoms with E-state index in [9.17, 15) is 4.79 Å². The second-order valence-corrected chi connectivity index (χ2v) is 3.53. The first-order valence-electron chi connectivity index (χ1n) is 3.71. The largest absolute Gasteiger partial charge is 0.479 e. The third-order valence-corrected chi connectivity index (χ3v) is 2.47. The molecule has 0 aliphatic carbocycles. The maximum absolute atomic E-state index is 10.2. The van der Waals surface area contributed by atoms with Gasteiger partial charge in [-0.25, -0.2) is 4.79 Å². The molecule has 5 heteroatoms. The Balaban J connectivity index is 3.76. The first-order chi connectivity index (χ1) is 5.61. The second-order valence-electron chi connectivity index (χ2n) is 2.28. The lowest BCUT2D eigenvalue weighted by molar-refractivity contribution is -0.142. The molecular weight excluding hydrogens is 180 g/mol. The summed E-state index contributed by atoms with van der Waals surface area (Å²) in [7, 11) is 1.50. The molecule has 72 valence electrons. The number of aliphatic carboxylic acids is 1. The van der Waals surface area contributed by atoms with E-state index in [2.05, 4.69) is 0 Å². The fourth-order valence-electron chi connectivity index (χ4n) is 0.679. The highest BCUT2D eigenvalue weighted by atomic mass is 32.2. The molecule has 0 amide bonds. The Morgan fingerprint density at radius 2 is 2.25 bits per heavy atom. The highest BCUT2D eigenvalue weighted by Gasteiger charge is 2.19. The van der Waals surface area contributed by atoms with Gasteiger partial charge in [0.05, 0.1) is 0 Å².